The molecule has 1 aromatic rings. The molecule has 0 amide bonds. The molecule has 1 rings (SSSR count). The van der Waals surface area contributed by atoms with Crippen LogP contribution in [0, 0.1) is 0 Å². The number of hydrogen-bond donors (Lipinski definition) is 0. The Bertz CT molecular complexity index is 337. The number of nitrogens with zero attached hydrogens (tertiary/aromatic N) is 2. The van der Waals surface area contributed by atoms with Gasteiger partial charge in [-0.1, -0.05) is 0 Å². The summed E-state index contributed by atoms with van der Waals surface area (Å²) in [5, 5.41) is 0. The molecule has 0 N–H and O–H groups in total. The molecule has 0 radical (unpaired) electrons. The van der Waals surface area contributed by atoms with Crippen LogP contribution in [0.4, 0.5) is 0 Å². The number of aromatic nitrogens is 1. The number of rotatable bonds is 5. The van der Waals surface area contributed by atoms with Gasteiger partial charge in [0.15, 0.2) is 5.78 Å². The van der Waals surface area contributed by atoms with Crippen LogP contribution in [0.2, 0.25) is 0 Å². The fourth-order valence-electron chi connectivity index (χ4n) is 1.15. The number of hydrogen-bond acceptors (Lipinski definition) is 4. The van der Waals surface area contributed by atoms with Gasteiger partial charge in [-0.25, -0.2) is 0 Å². The van der Waals surface area contributed by atoms with Crippen LogP contribution in [0.1, 0.15) is 16.8 Å². The zero-order chi connectivity index (χ0) is 11.3. The average Bonchev–Trinajstić information content (AvgIpc) is 2.26. The quantitative estimate of drug-likeness (QED) is 0.682. The highest BCUT2D eigenvalue weighted by Gasteiger charge is 2.07. The molecule has 0 aliphatic heterocycles. The summed E-state index contributed by atoms with van der Waals surface area (Å²) in [6.07, 6.45) is 3.66. The second-order valence-electron chi connectivity index (χ2n) is 3.59. The monoisotopic (exact) mass is 208 g/mol. The van der Waals surface area contributed by atoms with Gasteiger partial charge in [-0.05, 0) is 20.2 Å². The fraction of sp³-hybridized carbons (Fsp3) is 0.455. The molecule has 0 atom stereocenters. The minimum absolute atomic E-state index is 0.0927. The van der Waals surface area contributed by atoms with Crippen molar-refractivity contribution in [2.75, 3.05) is 27.7 Å². The van der Waals surface area contributed by atoms with Gasteiger partial charge in [0.25, 0.3) is 0 Å². The van der Waals surface area contributed by atoms with E-state index in [0.29, 0.717) is 17.7 Å². The van der Waals surface area contributed by atoms with Gasteiger partial charge < -0.3 is 9.64 Å². The van der Waals surface area contributed by atoms with Crippen molar-refractivity contribution in [1.29, 1.82) is 0 Å². The Morgan fingerprint density at radius 1 is 1.47 bits per heavy atom. The maximum absolute atomic E-state index is 11.7. The Hall–Kier alpha value is -1.42. The van der Waals surface area contributed by atoms with Crippen LogP contribution in [-0.2, 0) is 0 Å². The number of Topliss-reactive ketones (excluding diaryl/α,β-unsaturated/α-hetero) is 1. The highest BCUT2D eigenvalue weighted by atomic mass is 16.5. The van der Waals surface area contributed by atoms with Crippen molar-refractivity contribution in [3.8, 4) is 5.75 Å². The van der Waals surface area contributed by atoms with Gasteiger partial charge in [-0.3, -0.25) is 9.78 Å². The summed E-state index contributed by atoms with van der Waals surface area (Å²) < 4.78 is 5.01. The first-order valence-corrected chi connectivity index (χ1v) is 4.80. The molecule has 0 fully saturated rings. The van der Waals surface area contributed by atoms with Crippen molar-refractivity contribution >= 4 is 5.78 Å². The number of carbonyl (C=O) groups is 1. The van der Waals surface area contributed by atoms with Crippen molar-refractivity contribution < 1.29 is 9.53 Å². The lowest BCUT2D eigenvalue weighted by Gasteiger charge is -2.08. The van der Waals surface area contributed by atoms with Gasteiger partial charge in [0.2, 0.25) is 0 Å². The molecule has 82 valence electrons. The maximum Gasteiger partial charge on any atom is 0.165 e. The van der Waals surface area contributed by atoms with Crippen LogP contribution in [0.25, 0.3) is 0 Å². The van der Waals surface area contributed by atoms with E-state index < -0.39 is 0 Å². The van der Waals surface area contributed by atoms with E-state index in [1.165, 1.54) is 0 Å². The summed E-state index contributed by atoms with van der Waals surface area (Å²) in [5.41, 5.74) is 0.608. The van der Waals surface area contributed by atoms with Gasteiger partial charge in [-0.2, -0.15) is 0 Å². The lowest BCUT2D eigenvalue weighted by atomic mass is 10.1. The van der Waals surface area contributed by atoms with E-state index in [1.54, 1.807) is 25.6 Å². The second-order valence-corrected chi connectivity index (χ2v) is 3.59. The van der Waals surface area contributed by atoms with Crippen LogP contribution in [-0.4, -0.2) is 43.4 Å². The Labute approximate surface area is 89.9 Å². The second kappa shape index (κ2) is 5.46. The minimum Gasteiger partial charge on any atom is -0.495 e. The predicted molar refractivity (Wildman–Crippen MR) is 58.3 cm³/mol. The third-order valence-corrected chi connectivity index (χ3v) is 2.06. The van der Waals surface area contributed by atoms with Gasteiger partial charge in [-0.15, -0.1) is 0 Å². The first kappa shape index (κ1) is 11.7. The molecule has 1 aromatic heterocycles. The van der Waals surface area contributed by atoms with E-state index in [0.717, 1.165) is 6.54 Å². The van der Waals surface area contributed by atoms with E-state index in [9.17, 15) is 4.79 Å². The van der Waals surface area contributed by atoms with E-state index in [2.05, 4.69) is 4.98 Å². The first-order valence-electron chi connectivity index (χ1n) is 4.80. The molecule has 0 unspecified atom stereocenters. The number of ether oxygens (including phenoxy) is 1. The molecule has 0 aromatic carbocycles. The zero-order valence-electron chi connectivity index (χ0n) is 9.36. The molecule has 0 aliphatic carbocycles. The van der Waals surface area contributed by atoms with E-state index in [-0.39, 0.29) is 5.78 Å². The van der Waals surface area contributed by atoms with Crippen LogP contribution < -0.4 is 4.74 Å². The van der Waals surface area contributed by atoms with Crippen LogP contribution in [0.5, 0.6) is 5.75 Å². The van der Waals surface area contributed by atoms with Gasteiger partial charge >= 0.3 is 0 Å². The summed E-state index contributed by atoms with van der Waals surface area (Å²) in [7, 11) is 5.44. The molecule has 0 aliphatic rings. The van der Waals surface area contributed by atoms with E-state index in [1.807, 2.05) is 19.0 Å². The molecular formula is C11H16N2O2. The largest absolute Gasteiger partial charge is 0.495 e. The van der Waals surface area contributed by atoms with Crippen molar-refractivity contribution in [3.05, 3.63) is 24.0 Å². The smallest absolute Gasteiger partial charge is 0.165 e. The summed E-state index contributed by atoms with van der Waals surface area (Å²) in [4.78, 5) is 17.6. The molecule has 15 heavy (non-hydrogen) atoms. The first-order chi connectivity index (χ1) is 7.13. The number of pyridine rings is 1. The molecule has 1 heterocycles. The van der Waals surface area contributed by atoms with Gasteiger partial charge in [0, 0.05) is 24.7 Å². The lowest BCUT2D eigenvalue weighted by Crippen LogP contribution is -2.16. The molecule has 4 heteroatoms. The van der Waals surface area contributed by atoms with Gasteiger partial charge in [0.1, 0.15) is 5.75 Å². The third-order valence-electron chi connectivity index (χ3n) is 2.06. The predicted octanol–water partition coefficient (Wildman–Crippen LogP) is 1.22. The van der Waals surface area contributed by atoms with Crippen LogP contribution >= 0.6 is 0 Å². The third kappa shape index (κ3) is 3.67. The lowest BCUT2D eigenvalue weighted by molar-refractivity contribution is 0.0972. The van der Waals surface area contributed by atoms with Crippen molar-refractivity contribution in [3.63, 3.8) is 0 Å². The Balaban J connectivity index is 2.65. The topological polar surface area (TPSA) is 42.4 Å². The van der Waals surface area contributed by atoms with Crippen LogP contribution in [0.15, 0.2) is 18.5 Å². The minimum atomic E-state index is 0.0927. The Morgan fingerprint density at radius 2 is 2.20 bits per heavy atom. The Kier molecular flexibility index (Phi) is 4.24. The standard InChI is InChI=1S/C11H16N2O2/c1-13(2)5-4-11(14)9-6-10(15-3)8-12-7-9/h6-8H,4-5H2,1-3H3. The molecule has 0 bridgehead atoms. The van der Waals surface area contributed by atoms with Crippen molar-refractivity contribution in [2.45, 2.75) is 6.42 Å². The summed E-state index contributed by atoms with van der Waals surface area (Å²) in [6.45, 7) is 0.746. The molecular weight excluding hydrogens is 192 g/mol. The molecule has 0 saturated heterocycles. The normalized spacial score (nSPS) is 10.4. The van der Waals surface area contributed by atoms with Gasteiger partial charge in [0.05, 0.1) is 13.3 Å². The highest BCUT2D eigenvalue weighted by molar-refractivity contribution is 5.96. The number of ketones is 1. The number of carbonyl (C=O) groups excluding carboxylic acids is 1. The van der Waals surface area contributed by atoms with E-state index in [4.69, 9.17) is 4.74 Å². The van der Waals surface area contributed by atoms with Crippen molar-refractivity contribution in [1.82, 2.24) is 9.88 Å². The fourth-order valence-corrected chi connectivity index (χ4v) is 1.15. The molecule has 4 nitrogen and oxygen atoms in total. The maximum atomic E-state index is 11.7. The zero-order valence-corrected chi connectivity index (χ0v) is 9.36. The number of methoxy groups -OCH3 is 1. The summed E-state index contributed by atoms with van der Waals surface area (Å²) in [5.74, 6) is 0.709. The Morgan fingerprint density at radius 3 is 2.80 bits per heavy atom. The average molecular weight is 208 g/mol. The van der Waals surface area contributed by atoms with E-state index >= 15 is 0 Å². The summed E-state index contributed by atoms with van der Waals surface area (Å²) >= 11 is 0. The van der Waals surface area contributed by atoms with Crippen molar-refractivity contribution in [2.24, 2.45) is 0 Å². The highest BCUT2D eigenvalue weighted by Crippen LogP contribution is 2.11. The SMILES string of the molecule is COc1cncc(C(=O)CCN(C)C)c1. The molecule has 0 saturated carbocycles. The molecule has 0 spiro atoms. The summed E-state index contributed by atoms with van der Waals surface area (Å²) in [6, 6.07) is 1.71. The van der Waals surface area contributed by atoms with Crippen LogP contribution in [0.3, 0.4) is 0 Å².